The van der Waals surface area contributed by atoms with Gasteiger partial charge < -0.3 is 9.80 Å². The summed E-state index contributed by atoms with van der Waals surface area (Å²) in [7, 11) is 1.80. The number of piperazine rings is 1. The van der Waals surface area contributed by atoms with E-state index in [0.29, 0.717) is 32.0 Å². The first kappa shape index (κ1) is 14.4. The van der Waals surface area contributed by atoms with Gasteiger partial charge in [0.2, 0.25) is 6.41 Å². The molecular formula is C14H17FN6O. The zero-order valence-electron chi connectivity index (χ0n) is 12.5. The molecule has 0 N–H and O–H groups in total. The van der Waals surface area contributed by atoms with E-state index in [2.05, 4.69) is 15.1 Å². The fraction of sp³-hybridized carbons (Fsp3) is 0.429. The van der Waals surface area contributed by atoms with Crippen LogP contribution in [0.5, 0.6) is 0 Å². The van der Waals surface area contributed by atoms with Crippen molar-refractivity contribution in [2.75, 3.05) is 31.1 Å². The Hall–Kier alpha value is -2.51. The number of rotatable bonds is 3. The minimum Gasteiger partial charge on any atom is -0.351 e. The van der Waals surface area contributed by atoms with Gasteiger partial charge in [0.05, 0.1) is 12.4 Å². The summed E-state index contributed by atoms with van der Waals surface area (Å²) < 4.78 is 15.8. The topological polar surface area (TPSA) is 67.2 Å². The van der Waals surface area contributed by atoms with E-state index < -0.39 is 5.82 Å². The molecule has 0 aliphatic carbocycles. The molecule has 3 rings (SSSR count). The van der Waals surface area contributed by atoms with Crippen LogP contribution in [0, 0.1) is 12.7 Å². The van der Waals surface area contributed by atoms with Gasteiger partial charge in [0.1, 0.15) is 5.69 Å². The Morgan fingerprint density at radius 3 is 2.55 bits per heavy atom. The maximum Gasteiger partial charge on any atom is 0.209 e. The Kier molecular flexibility index (Phi) is 3.74. The molecule has 0 unspecified atom stereocenters. The first-order valence-electron chi connectivity index (χ1n) is 7.06. The molecular weight excluding hydrogens is 287 g/mol. The number of hydrogen-bond acceptors (Lipinski definition) is 5. The van der Waals surface area contributed by atoms with E-state index >= 15 is 0 Å². The summed E-state index contributed by atoms with van der Waals surface area (Å²) in [5.74, 6) is 0.269. The van der Waals surface area contributed by atoms with Gasteiger partial charge in [0.25, 0.3) is 0 Å². The highest BCUT2D eigenvalue weighted by Gasteiger charge is 2.22. The molecule has 1 saturated heterocycles. The van der Waals surface area contributed by atoms with Gasteiger partial charge in [-0.05, 0) is 12.5 Å². The van der Waals surface area contributed by atoms with Crippen LogP contribution in [0.25, 0.3) is 11.5 Å². The average molecular weight is 304 g/mol. The summed E-state index contributed by atoms with van der Waals surface area (Å²) in [4.78, 5) is 22.7. The van der Waals surface area contributed by atoms with Crippen molar-refractivity contribution >= 4 is 12.2 Å². The number of aromatic nitrogens is 4. The van der Waals surface area contributed by atoms with Gasteiger partial charge in [0.15, 0.2) is 17.5 Å². The molecule has 1 amide bonds. The number of anilines is 1. The first-order chi connectivity index (χ1) is 10.6. The van der Waals surface area contributed by atoms with Crippen molar-refractivity contribution in [1.82, 2.24) is 24.6 Å². The van der Waals surface area contributed by atoms with Crippen LogP contribution in [0.15, 0.2) is 12.4 Å². The quantitative estimate of drug-likeness (QED) is 0.777. The molecule has 116 valence electrons. The van der Waals surface area contributed by atoms with E-state index in [9.17, 15) is 9.18 Å². The van der Waals surface area contributed by atoms with Gasteiger partial charge >= 0.3 is 0 Å². The molecule has 0 atom stereocenters. The van der Waals surface area contributed by atoms with Gasteiger partial charge in [-0.15, -0.1) is 0 Å². The fourth-order valence-corrected chi connectivity index (χ4v) is 2.60. The first-order valence-corrected chi connectivity index (χ1v) is 7.06. The Labute approximate surface area is 127 Å². The van der Waals surface area contributed by atoms with Crippen molar-refractivity contribution in [1.29, 1.82) is 0 Å². The molecule has 0 saturated carbocycles. The lowest BCUT2D eigenvalue weighted by Crippen LogP contribution is -2.46. The zero-order chi connectivity index (χ0) is 15.7. The molecule has 1 fully saturated rings. The molecule has 1 aliphatic rings. The summed E-state index contributed by atoms with van der Waals surface area (Å²) in [5, 5.41) is 4.16. The van der Waals surface area contributed by atoms with Crippen LogP contribution < -0.4 is 4.90 Å². The minimum absolute atomic E-state index is 0.274. The monoisotopic (exact) mass is 304 g/mol. The van der Waals surface area contributed by atoms with Crippen molar-refractivity contribution in [3.63, 3.8) is 0 Å². The summed E-state index contributed by atoms with van der Waals surface area (Å²) in [6.45, 7) is 4.14. The molecule has 3 heterocycles. The number of carbonyl (C=O) groups is 1. The molecule has 0 aromatic carbocycles. The van der Waals surface area contributed by atoms with Crippen LogP contribution in [0.2, 0.25) is 0 Å². The SMILES string of the molecule is Cc1cnn(C)c1-c1ncc(F)c(N2CCN(C=O)CC2)n1. The third kappa shape index (κ3) is 2.51. The molecule has 2 aromatic heterocycles. The summed E-state index contributed by atoms with van der Waals surface area (Å²) in [6, 6.07) is 0. The molecule has 7 nitrogen and oxygen atoms in total. The maximum atomic E-state index is 14.1. The van der Waals surface area contributed by atoms with Crippen LogP contribution in [-0.2, 0) is 11.8 Å². The van der Waals surface area contributed by atoms with Crippen molar-refractivity contribution < 1.29 is 9.18 Å². The number of aryl methyl sites for hydroxylation is 2. The molecule has 8 heteroatoms. The van der Waals surface area contributed by atoms with E-state index in [1.165, 1.54) is 6.20 Å². The van der Waals surface area contributed by atoms with E-state index in [1.54, 1.807) is 22.8 Å². The summed E-state index contributed by atoms with van der Waals surface area (Å²) >= 11 is 0. The van der Waals surface area contributed by atoms with Crippen LogP contribution in [0.4, 0.5) is 10.2 Å². The van der Waals surface area contributed by atoms with Crippen LogP contribution in [0.1, 0.15) is 5.56 Å². The molecule has 1 aliphatic heterocycles. The predicted octanol–water partition coefficient (Wildman–Crippen LogP) is 0.603. The molecule has 0 radical (unpaired) electrons. The highest BCUT2D eigenvalue weighted by atomic mass is 19.1. The minimum atomic E-state index is -0.455. The molecule has 2 aromatic rings. The summed E-state index contributed by atoms with van der Waals surface area (Å²) in [5.41, 5.74) is 1.71. The lowest BCUT2D eigenvalue weighted by molar-refractivity contribution is -0.118. The fourth-order valence-electron chi connectivity index (χ4n) is 2.60. The second-order valence-corrected chi connectivity index (χ2v) is 5.29. The third-order valence-electron chi connectivity index (χ3n) is 3.82. The van der Waals surface area contributed by atoms with Gasteiger partial charge in [-0.3, -0.25) is 9.48 Å². The van der Waals surface area contributed by atoms with Crippen molar-refractivity contribution in [2.45, 2.75) is 6.92 Å². The van der Waals surface area contributed by atoms with E-state index in [-0.39, 0.29) is 5.82 Å². The van der Waals surface area contributed by atoms with Crippen molar-refractivity contribution in [2.24, 2.45) is 7.05 Å². The molecule has 22 heavy (non-hydrogen) atoms. The Bertz CT molecular complexity index is 673. The number of nitrogens with zero attached hydrogens (tertiary/aromatic N) is 6. The van der Waals surface area contributed by atoms with Gasteiger partial charge in [-0.2, -0.15) is 5.10 Å². The predicted molar refractivity (Wildman–Crippen MR) is 78.8 cm³/mol. The number of amides is 1. The zero-order valence-corrected chi connectivity index (χ0v) is 12.5. The van der Waals surface area contributed by atoms with Gasteiger partial charge in [-0.1, -0.05) is 0 Å². The highest BCUT2D eigenvalue weighted by molar-refractivity contribution is 5.57. The van der Waals surface area contributed by atoms with Crippen LogP contribution >= 0.6 is 0 Å². The number of hydrogen-bond donors (Lipinski definition) is 0. The second kappa shape index (κ2) is 5.70. The van der Waals surface area contributed by atoms with Crippen molar-refractivity contribution in [3.8, 4) is 11.5 Å². The summed E-state index contributed by atoms with van der Waals surface area (Å²) in [6.07, 6.45) is 3.74. The smallest absolute Gasteiger partial charge is 0.209 e. The third-order valence-corrected chi connectivity index (χ3v) is 3.82. The number of carbonyl (C=O) groups excluding carboxylic acids is 1. The Balaban J connectivity index is 1.93. The van der Waals surface area contributed by atoms with Gasteiger partial charge in [0, 0.05) is 33.2 Å². The molecule has 0 spiro atoms. The van der Waals surface area contributed by atoms with E-state index in [1.807, 2.05) is 11.8 Å². The Morgan fingerprint density at radius 2 is 1.95 bits per heavy atom. The lowest BCUT2D eigenvalue weighted by Gasteiger charge is -2.33. The molecule has 0 bridgehead atoms. The van der Waals surface area contributed by atoms with Crippen LogP contribution in [0.3, 0.4) is 0 Å². The lowest BCUT2D eigenvalue weighted by atomic mass is 10.2. The standard InChI is InChI=1S/C14H17FN6O/c1-10-7-17-19(2)12(10)13-16-8-11(15)14(18-13)21-5-3-20(9-22)4-6-21/h7-9H,3-6H2,1-2H3. The van der Waals surface area contributed by atoms with Gasteiger partial charge in [-0.25, -0.2) is 14.4 Å². The maximum absolute atomic E-state index is 14.1. The second-order valence-electron chi connectivity index (χ2n) is 5.29. The highest BCUT2D eigenvalue weighted by Crippen LogP contribution is 2.23. The largest absolute Gasteiger partial charge is 0.351 e. The van der Waals surface area contributed by atoms with E-state index in [4.69, 9.17) is 0 Å². The number of halogens is 1. The Morgan fingerprint density at radius 1 is 1.23 bits per heavy atom. The van der Waals surface area contributed by atoms with Crippen LogP contribution in [-0.4, -0.2) is 57.2 Å². The van der Waals surface area contributed by atoms with Crippen molar-refractivity contribution in [3.05, 3.63) is 23.8 Å². The average Bonchev–Trinajstić information content (AvgIpc) is 2.87. The normalized spacial score (nSPS) is 15.2. The van der Waals surface area contributed by atoms with E-state index in [0.717, 1.165) is 17.7 Å².